The highest BCUT2D eigenvalue weighted by atomic mass is 16.5. The summed E-state index contributed by atoms with van der Waals surface area (Å²) in [7, 11) is 0. The van der Waals surface area contributed by atoms with Crippen LogP contribution in [0.1, 0.15) is 23.7 Å². The van der Waals surface area contributed by atoms with E-state index in [1.54, 1.807) is 0 Å². The molecule has 0 heterocycles. The van der Waals surface area contributed by atoms with Crippen LogP contribution in [0.15, 0.2) is 18.2 Å². The highest BCUT2D eigenvalue weighted by Crippen LogP contribution is 2.22. The molecule has 0 aliphatic heterocycles. The van der Waals surface area contributed by atoms with Crippen LogP contribution in [-0.2, 0) is 0 Å². The minimum Gasteiger partial charge on any atom is -0.508 e. The van der Waals surface area contributed by atoms with Gasteiger partial charge in [-0.05, 0) is 18.2 Å². The highest BCUT2D eigenvalue weighted by Gasteiger charge is 2.09. The van der Waals surface area contributed by atoms with Crippen molar-refractivity contribution in [2.75, 3.05) is 0 Å². The molecule has 1 rings (SSSR count). The SMILES string of the molecule is Oc1cc(C(O)O)cc(C(O)O)c1. The fourth-order valence-electron chi connectivity index (χ4n) is 0.957. The van der Waals surface area contributed by atoms with Crippen LogP contribution in [0.3, 0.4) is 0 Å². The molecule has 0 aliphatic rings. The van der Waals surface area contributed by atoms with Crippen molar-refractivity contribution in [2.45, 2.75) is 12.6 Å². The first-order chi connectivity index (χ1) is 6.00. The van der Waals surface area contributed by atoms with Crippen LogP contribution in [0.25, 0.3) is 0 Å². The van der Waals surface area contributed by atoms with Gasteiger partial charge in [-0.3, -0.25) is 0 Å². The monoisotopic (exact) mass is 186 g/mol. The Labute approximate surface area is 74.1 Å². The molecular formula is C8H10O5. The Bertz CT molecular complexity index is 268. The molecule has 0 unspecified atom stereocenters. The number of aliphatic hydroxyl groups is 4. The zero-order valence-corrected chi connectivity index (χ0v) is 6.62. The molecule has 0 amide bonds. The molecule has 0 saturated heterocycles. The van der Waals surface area contributed by atoms with E-state index in [4.69, 9.17) is 25.5 Å². The van der Waals surface area contributed by atoms with Gasteiger partial charge in [0.05, 0.1) is 0 Å². The Kier molecular flexibility index (Phi) is 2.84. The van der Waals surface area contributed by atoms with Crippen LogP contribution in [0, 0.1) is 0 Å². The number of rotatable bonds is 2. The van der Waals surface area contributed by atoms with E-state index in [9.17, 15) is 0 Å². The molecule has 0 saturated carbocycles. The Morgan fingerprint density at radius 2 is 1.15 bits per heavy atom. The summed E-state index contributed by atoms with van der Waals surface area (Å²) >= 11 is 0. The van der Waals surface area contributed by atoms with Gasteiger partial charge in [0, 0.05) is 11.1 Å². The number of phenolic OH excluding ortho intramolecular Hbond substituents is 1. The largest absolute Gasteiger partial charge is 0.508 e. The summed E-state index contributed by atoms with van der Waals surface area (Å²) in [6.45, 7) is 0. The lowest BCUT2D eigenvalue weighted by Gasteiger charge is -2.09. The Hall–Kier alpha value is -1.14. The van der Waals surface area contributed by atoms with E-state index in [1.165, 1.54) is 6.07 Å². The lowest BCUT2D eigenvalue weighted by atomic mass is 10.1. The molecule has 1 aromatic rings. The number of aliphatic hydroxyl groups excluding tert-OH is 2. The van der Waals surface area contributed by atoms with Gasteiger partial charge in [-0.25, -0.2) is 0 Å². The average molecular weight is 186 g/mol. The third kappa shape index (κ3) is 2.40. The number of phenols is 1. The van der Waals surface area contributed by atoms with Crippen LogP contribution in [-0.4, -0.2) is 25.5 Å². The average Bonchev–Trinajstić information content (AvgIpc) is 2.03. The standard InChI is InChI=1S/C8H10O5/c9-6-2-4(7(10)11)1-5(3-6)8(12)13/h1-3,7-13H. The molecule has 5 nitrogen and oxygen atoms in total. The molecule has 0 radical (unpaired) electrons. The zero-order valence-electron chi connectivity index (χ0n) is 6.62. The van der Waals surface area contributed by atoms with Crippen molar-refractivity contribution in [1.29, 1.82) is 0 Å². The van der Waals surface area contributed by atoms with E-state index in [2.05, 4.69) is 0 Å². The molecule has 0 aliphatic carbocycles. The second kappa shape index (κ2) is 3.71. The highest BCUT2D eigenvalue weighted by molar-refractivity contribution is 5.34. The van der Waals surface area contributed by atoms with E-state index < -0.39 is 12.6 Å². The first kappa shape index (κ1) is 9.94. The van der Waals surface area contributed by atoms with Gasteiger partial charge >= 0.3 is 0 Å². The fourth-order valence-corrected chi connectivity index (χ4v) is 0.957. The predicted octanol–water partition coefficient (Wildman–Crippen LogP) is -0.641. The van der Waals surface area contributed by atoms with Crippen molar-refractivity contribution in [3.05, 3.63) is 29.3 Å². The third-order valence-corrected chi connectivity index (χ3v) is 1.56. The van der Waals surface area contributed by atoms with Crippen LogP contribution < -0.4 is 0 Å². The quantitative estimate of drug-likeness (QED) is 0.395. The maximum Gasteiger partial charge on any atom is 0.178 e. The van der Waals surface area contributed by atoms with E-state index in [0.29, 0.717) is 0 Å². The summed E-state index contributed by atoms with van der Waals surface area (Å²) in [5.74, 6) is -0.256. The Morgan fingerprint density at radius 3 is 1.46 bits per heavy atom. The zero-order chi connectivity index (χ0) is 10.0. The lowest BCUT2D eigenvalue weighted by Crippen LogP contribution is -1.99. The first-order valence-electron chi connectivity index (χ1n) is 3.57. The smallest absolute Gasteiger partial charge is 0.178 e. The minimum atomic E-state index is -1.75. The Balaban J connectivity index is 3.11. The lowest BCUT2D eigenvalue weighted by molar-refractivity contribution is -0.0477. The third-order valence-electron chi connectivity index (χ3n) is 1.56. The van der Waals surface area contributed by atoms with Crippen LogP contribution in [0.4, 0.5) is 0 Å². The van der Waals surface area contributed by atoms with Gasteiger partial charge in [0.2, 0.25) is 0 Å². The van der Waals surface area contributed by atoms with Gasteiger partial charge in [-0.15, -0.1) is 0 Å². The molecular weight excluding hydrogens is 176 g/mol. The summed E-state index contributed by atoms with van der Waals surface area (Å²) in [4.78, 5) is 0. The van der Waals surface area contributed by atoms with Crippen molar-refractivity contribution in [3.8, 4) is 5.75 Å². The van der Waals surface area contributed by atoms with Gasteiger partial charge in [0.1, 0.15) is 5.75 Å². The first-order valence-corrected chi connectivity index (χ1v) is 3.57. The normalized spacial score (nSPS) is 11.2. The summed E-state index contributed by atoms with van der Waals surface area (Å²) in [6.07, 6.45) is -3.49. The topological polar surface area (TPSA) is 101 Å². The van der Waals surface area contributed by atoms with Crippen LogP contribution >= 0.6 is 0 Å². The molecule has 0 bridgehead atoms. The van der Waals surface area contributed by atoms with Crippen molar-refractivity contribution in [3.63, 3.8) is 0 Å². The molecule has 5 heteroatoms. The van der Waals surface area contributed by atoms with Gasteiger partial charge in [0.15, 0.2) is 12.6 Å². The van der Waals surface area contributed by atoms with E-state index in [1.807, 2.05) is 0 Å². The summed E-state index contributed by atoms with van der Waals surface area (Å²) in [6, 6.07) is 3.42. The molecule has 1 aromatic carbocycles. The minimum absolute atomic E-state index is 0.00287. The van der Waals surface area contributed by atoms with Crippen LogP contribution in [0.2, 0.25) is 0 Å². The van der Waals surface area contributed by atoms with Crippen molar-refractivity contribution in [1.82, 2.24) is 0 Å². The van der Waals surface area contributed by atoms with Crippen molar-refractivity contribution < 1.29 is 25.5 Å². The molecule has 72 valence electrons. The second-order valence-corrected chi connectivity index (χ2v) is 2.61. The maximum absolute atomic E-state index is 9.05. The molecule has 0 aromatic heterocycles. The summed E-state index contributed by atoms with van der Waals surface area (Å²) in [5, 5.41) is 44.0. The number of hydrogen-bond acceptors (Lipinski definition) is 5. The fraction of sp³-hybridized carbons (Fsp3) is 0.250. The van der Waals surface area contributed by atoms with Crippen molar-refractivity contribution >= 4 is 0 Å². The number of benzene rings is 1. The van der Waals surface area contributed by atoms with Crippen molar-refractivity contribution in [2.24, 2.45) is 0 Å². The Morgan fingerprint density at radius 1 is 0.769 bits per heavy atom. The molecule has 0 spiro atoms. The second-order valence-electron chi connectivity index (χ2n) is 2.61. The molecule has 0 atom stereocenters. The van der Waals surface area contributed by atoms with Gasteiger partial charge in [-0.2, -0.15) is 0 Å². The number of hydrogen-bond donors (Lipinski definition) is 5. The van der Waals surface area contributed by atoms with E-state index in [-0.39, 0.29) is 16.9 Å². The summed E-state index contributed by atoms with van der Waals surface area (Å²) < 4.78 is 0. The van der Waals surface area contributed by atoms with Gasteiger partial charge in [0.25, 0.3) is 0 Å². The predicted molar refractivity (Wildman–Crippen MR) is 42.5 cm³/mol. The van der Waals surface area contributed by atoms with Gasteiger partial charge < -0.3 is 25.5 Å². The van der Waals surface area contributed by atoms with Gasteiger partial charge in [-0.1, -0.05) is 0 Å². The molecule has 0 fully saturated rings. The summed E-state index contributed by atoms with van der Waals surface area (Å²) in [5.41, 5.74) is 0.00574. The maximum atomic E-state index is 9.05. The van der Waals surface area contributed by atoms with Crippen LogP contribution in [0.5, 0.6) is 5.75 Å². The molecule has 5 N–H and O–H groups in total. The number of aromatic hydroxyl groups is 1. The molecule has 13 heavy (non-hydrogen) atoms. The van der Waals surface area contributed by atoms with E-state index in [0.717, 1.165) is 12.1 Å². The van der Waals surface area contributed by atoms with E-state index >= 15 is 0 Å².